The summed E-state index contributed by atoms with van der Waals surface area (Å²) in [5, 5.41) is 0. The van der Waals surface area contributed by atoms with Crippen molar-refractivity contribution in [3.63, 3.8) is 0 Å². The molecule has 3 saturated heterocycles. The number of hydrogen-bond acceptors (Lipinski definition) is 5. The molecule has 144 valence electrons. The van der Waals surface area contributed by atoms with Crippen LogP contribution in [0.3, 0.4) is 0 Å². The highest BCUT2D eigenvalue weighted by atomic mass is 16.5. The summed E-state index contributed by atoms with van der Waals surface area (Å²) in [7, 11) is 1.69. The van der Waals surface area contributed by atoms with Gasteiger partial charge >= 0.3 is 0 Å². The van der Waals surface area contributed by atoms with Crippen LogP contribution in [-0.4, -0.2) is 53.5 Å². The van der Waals surface area contributed by atoms with Crippen molar-refractivity contribution in [3.05, 3.63) is 47.2 Å². The van der Waals surface area contributed by atoms with E-state index in [2.05, 4.69) is 22.0 Å². The van der Waals surface area contributed by atoms with Crippen LogP contribution in [0.15, 0.2) is 28.7 Å². The fourth-order valence-corrected chi connectivity index (χ4v) is 4.41. The predicted octanol–water partition coefficient (Wildman–Crippen LogP) is 3.04. The molecule has 4 heterocycles. The smallest absolute Gasteiger partial charge is 0.291 e. The number of carbonyl (C=O) groups excluding carboxylic acids is 1. The minimum absolute atomic E-state index is 0.00547. The molecule has 2 atom stereocenters. The molecule has 6 heteroatoms. The van der Waals surface area contributed by atoms with Crippen molar-refractivity contribution in [1.29, 1.82) is 0 Å². The summed E-state index contributed by atoms with van der Waals surface area (Å²) in [5.74, 6) is 2.34. The van der Waals surface area contributed by atoms with E-state index >= 15 is 0 Å². The second-order valence-electron chi connectivity index (χ2n) is 7.74. The lowest BCUT2D eigenvalue weighted by molar-refractivity contribution is 0.0550. The van der Waals surface area contributed by atoms with Crippen molar-refractivity contribution in [2.24, 2.45) is 5.92 Å². The van der Waals surface area contributed by atoms with Crippen LogP contribution in [0, 0.1) is 19.8 Å². The van der Waals surface area contributed by atoms with Crippen LogP contribution in [0.1, 0.15) is 40.5 Å². The number of oxazole rings is 1. The monoisotopic (exact) mass is 369 g/mol. The Hall–Kier alpha value is -2.34. The van der Waals surface area contributed by atoms with E-state index in [0.717, 1.165) is 38.3 Å². The van der Waals surface area contributed by atoms with Crippen molar-refractivity contribution in [1.82, 2.24) is 14.8 Å². The van der Waals surface area contributed by atoms with Crippen LogP contribution in [0.5, 0.6) is 5.75 Å². The molecule has 5 rings (SSSR count). The molecule has 2 bridgehead atoms. The Morgan fingerprint density at radius 3 is 2.63 bits per heavy atom. The van der Waals surface area contributed by atoms with E-state index in [1.807, 2.05) is 24.0 Å². The number of aryl methyl sites for hydroxylation is 2. The molecule has 2 aromatic rings. The molecule has 0 unspecified atom stereocenters. The maximum atomic E-state index is 13.1. The van der Waals surface area contributed by atoms with Crippen molar-refractivity contribution in [2.75, 3.05) is 26.7 Å². The fourth-order valence-electron chi connectivity index (χ4n) is 4.41. The summed E-state index contributed by atoms with van der Waals surface area (Å²) in [4.78, 5) is 21.8. The molecular formula is C21H27N3O3. The van der Waals surface area contributed by atoms with E-state index in [-0.39, 0.29) is 11.9 Å². The maximum Gasteiger partial charge on any atom is 0.291 e. The van der Waals surface area contributed by atoms with Gasteiger partial charge in [-0.25, -0.2) is 4.98 Å². The van der Waals surface area contributed by atoms with Gasteiger partial charge in [-0.05, 0) is 43.4 Å². The normalized spacial score (nSPS) is 22.7. The van der Waals surface area contributed by atoms with Gasteiger partial charge in [-0.3, -0.25) is 9.69 Å². The third-order valence-corrected chi connectivity index (χ3v) is 5.71. The molecule has 0 N–H and O–H groups in total. The molecule has 3 fully saturated rings. The van der Waals surface area contributed by atoms with Gasteiger partial charge in [-0.1, -0.05) is 12.1 Å². The molecule has 0 spiro atoms. The van der Waals surface area contributed by atoms with E-state index in [1.54, 1.807) is 14.0 Å². The number of nitrogens with zero attached hydrogens (tertiary/aromatic N) is 3. The summed E-state index contributed by atoms with van der Waals surface area (Å²) in [6.45, 7) is 7.27. The molecule has 6 nitrogen and oxygen atoms in total. The van der Waals surface area contributed by atoms with Gasteiger partial charge in [0.15, 0.2) is 5.89 Å². The first-order valence-corrected chi connectivity index (χ1v) is 9.63. The molecule has 3 aliphatic heterocycles. The lowest BCUT2D eigenvalue weighted by Gasteiger charge is -2.35. The average Bonchev–Trinajstić information content (AvgIpc) is 2.83. The molecule has 0 radical (unpaired) electrons. The summed E-state index contributed by atoms with van der Waals surface area (Å²) in [5.41, 5.74) is 1.96. The van der Waals surface area contributed by atoms with Gasteiger partial charge in [0.2, 0.25) is 5.76 Å². The number of amides is 1. The van der Waals surface area contributed by atoms with Crippen LogP contribution >= 0.6 is 0 Å². The van der Waals surface area contributed by atoms with Gasteiger partial charge in [-0.2, -0.15) is 0 Å². The van der Waals surface area contributed by atoms with Crippen molar-refractivity contribution in [3.8, 4) is 5.75 Å². The minimum Gasteiger partial charge on any atom is -0.497 e. The average molecular weight is 369 g/mol. The first kappa shape index (κ1) is 18.0. The van der Waals surface area contributed by atoms with Crippen LogP contribution in [0.4, 0.5) is 0 Å². The summed E-state index contributed by atoms with van der Waals surface area (Å²) >= 11 is 0. The number of methoxy groups -OCH3 is 1. The highest BCUT2D eigenvalue weighted by Gasteiger charge is 2.38. The summed E-state index contributed by atoms with van der Waals surface area (Å²) in [6, 6.07) is 8.49. The molecule has 1 aromatic carbocycles. The van der Waals surface area contributed by atoms with Crippen LogP contribution < -0.4 is 4.74 Å². The molecule has 0 aliphatic carbocycles. The Morgan fingerprint density at radius 2 is 1.96 bits per heavy atom. The van der Waals surface area contributed by atoms with E-state index < -0.39 is 0 Å². The number of benzene rings is 1. The number of carbonyl (C=O) groups is 1. The zero-order valence-corrected chi connectivity index (χ0v) is 16.3. The van der Waals surface area contributed by atoms with Crippen molar-refractivity contribution < 1.29 is 13.9 Å². The Morgan fingerprint density at radius 1 is 1.19 bits per heavy atom. The van der Waals surface area contributed by atoms with Gasteiger partial charge in [0, 0.05) is 39.1 Å². The van der Waals surface area contributed by atoms with E-state index in [4.69, 9.17) is 9.15 Å². The first-order chi connectivity index (χ1) is 13.0. The molecule has 27 heavy (non-hydrogen) atoms. The Balaban J connectivity index is 1.48. The zero-order valence-electron chi connectivity index (χ0n) is 16.3. The summed E-state index contributed by atoms with van der Waals surface area (Å²) < 4.78 is 10.8. The zero-order chi connectivity index (χ0) is 19.0. The topological polar surface area (TPSA) is 58.8 Å². The third-order valence-electron chi connectivity index (χ3n) is 5.71. The Bertz CT molecular complexity index is 815. The number of piperidine rings is 1. The fraction of sp³-hybridized carbons (Fsp3) is 0.524. The lowest BCUT2D eigenvalue weighted by atomic mass is 9.94. The second-order valence-corrected chi connectivity index (χ2v) is 7.74. The Labute approximate surface area is 160 Å². The second kappa shape index (κ2) is 7.35. The van der Waals surface area contributed by atoms with Gasteiger partial charge in [0.25, 0.3) is 5.91 Å². The number of hydrogen-bond donors (Lipinski definition) is 0. The van der Waals surface area contributed by atoms with E-state index in [0.29, 0.717) is 23.3 Å². The number of aromatic nitrogens is 1. The van der Waals surface area contributed by atoms with Gasteiger partial charge in [-0.15, -0.1) is 0 Å². The van der Waals surface area contributed by atoms with Crippen LogP contribution in [0.2, 0.25) is 0 Å². The molecule has 1 aromatic heterocycles. The first-order valence-electron chi connectivity index (χ1n) is 9.63. The third kappa shape index (κ3) is 3.72. The van der Waals surface area contributed by atoms with Gasteiger partial charge in [0.05, 0.1) is 12.8 Å². The number of fused-ring (bicyclic) bond motifs is 4. The minimum atomic E-state index is -0.00547. The number of rotatable bonds is 4. The molecular weight excluding hydrogens is 342 g/mol. The lowest BCUT2D eigenvalue weighted by Crippen LogP contribution is -2.47. The van der Waals surface area contributed by atoms with Crippen LogP contribution in [-0.2, 0) is 6.54 Å². The molecule has 0 saturated carbocycles. The Kier molecular flexibility index (Phi) is 4.91. The standard InChI is InChI=1S/C21H27N3O3/c1-14-20(27-15(2)22-14)21(25)24-12-17-4-7-18(24)13-23(11-17)10-16-5-8-19(26-3)9-6-16/h5-6,8-9,17-18H,4,7,10-13H2,1-3H3/t17-,18+/m0/s1. The van der Waals surface area contributed by atoms with Gasteiger partial charge in [0.1, 0.15) is 5.75 Å². The maximum absolute atomic E-state index is 13.1. The van der Waals surface area contributed by atoms with E-state index in [9.17, 15) is 4.79 Å². The largest absolute Gasteiger partial charge is 0.497 e. The van der Waals surface area contributed by atoms with Gasteiger partial charge < -0.3 is 14.1 Å². The number of ether oxygens (including phenoxy) is 1. The quantitative estimate of drug-likeness (QED) is 0.829. The summed E-state index contributed by atoms with van der Waals surface area (Å²) in [6.07, 6.45) is 2.24. The predicted molar refractivity (Wildman–Crippen MR) is 102 cm³/mol. The van der Waals surface area contributed by atoms with Crippen molar-refractivity contribution in [2.45, 2.75) is 39.3 Å². The van der Waals surface area contributed by atoms with Crippen molar-refractivity contribution >= 4 is 5.91 Å². The van der Waals surface area contributed by atoms with E-state index in [1.165, 1.54) is 12.0 Å². The highest BCUT2D eigenvalue weighted by molar-refractivity contribution is 5.92. The SMILES string of the molecule is COc1ccc(CN2C[C@@H]3CC[C@H](C2)N(C(=O)c2oc(C)nc2C)C3)cc1. The molecule has 3 aliphatic rings. The van der Waals surface area contributed by atoms with Crippen LogP contribution in [0.25, 0.3) is 0 Å². The highest BCUT2D eigenvalue weighted by Crippen LogP contribution is 2.30. The molecule has 1 amide bonds.